The number of ketones is 1. The van der Waals surface area contributed by atoms with E-state index in [0.717, 1.165) is 11.1 Å². The van der Waals surface area contributed by atoms with E-state index in [4.69, 9.17) is 18.9 Å². The van der Waals surface area contributed by atoms with E-state index in [-0.39, 0.29) is 5.78 Å². The summed E-state index contributed by atoms with van der Waals surface area (Å²) < 4.78 is 21.8. The molecule has 158 valence electrons. The van der Waals surface area contributed by atoms with Crippen molar-refractivity contribution >= 4 is 17.9 Å². The monoisotopic (exact) mass is 409 g/mol. The number of likely N-dealkylation sites (tertiary alicyclic amines) is 1. The van der Waals surface area contributed by atoms with Crippen molar-refractivity contribution < 1.29 is 23.7 Å². The van der Waals surface area contributed by atoms with Gasteiger partial charge in [0, 0.05) is 35.4 Å². The number of para-hydroxylation sites is 2. The van der Waals surface area contributed by atoms with Crippen LogP contribution < -0.4 is 18.9 Å². The number of carbonyl (C=O) groups excluding carboxylic acids is 1. The van der Waals surface area contributed by atoms with Crippen LogP contribution in [-0.4, -0.2) is 59.3 Å². The minimum Gasteiger partial charge on any atom is -0.493 e. The van der Waals surface area contributed by atoms with Gasteiger partial charge in [0.1, 0.15) is 0 Å². The zero-order valence-electron chi connectivity index (χ0n) is 18.0. The summed E-state index contributed by atoms with van der Waals surface area (Å²) >= 11 is 0. The minimum atomic E-state index is 0.00264. The van der Waals surface area contributed by atoms with Gasteiger partial charge in [-0.05, 0) is 31.3 Å². The van der Waals surface area contributed by atoms with E-state index in [1.807, 2.05) is 55.6 Å². The van der Waals surface area contributed by atoms with E-state index in [1.165, 1.54) is 0 Å². The molecule has 0 unspecified atom stereocenters. The lowest BCUT2D eigenvalue weighted by Gasteiger charge is -2.26. The number of hydrogen-bond donors (Lipinski definition) is 0. The molecule has 6 nitrogen and oxygen atoms in total. The van der Waals surface area contributed by atoms with E-state index in [0.29, 0.717) is 47.2 Å². The molecule has 0 radical (unpaired) electrons. The van der Waals surface area contributed by atoms with Crippen molar-refractivity contribution in [2.24, 2.45) is 0 Å². The first-order valence-electron chi connectivity index (χ1n) is 9.58. The molecule has 3 rings (SSSR count). The van der Waals surface area contributed by atoms with Gasteiger partial charge in [0.15, 0.2) is 28.8 Å². The molecule has 0 aromatic heterocycles. The summed E-state index contributed by atoms with van der Waals surface area (Å²) in [6, 6.07) is 11.2. The Morgan fingerprint density at radius 2 is 1.17 bits per heavy atom. The Balaban J connectivity index is 2.03. The standard InChI is InChI=1S/C24H27NO5/c1-25-14-18(12-16-8-6-10-20(27-2)23(16)29-4)22(26)19(15-25)13-17-9-7-11-21(28-3)24(17)30-5/h6-13H,14-15H2,1-5H3/b18-12+,19-13+. The molecular formula is C24H27NO5. The fourth-order valence-corrected chi connectivity index (χ4v) is 3.64. The Morgan fingerprint density at radius 3 is 1.53 bits per heavy atom. The molecule has 1 fully saturated rings. The first-order chi connectivity index (χ1) is 14.5. The quantitative estimate of drug-likeness (QED) is 0.678. The Morgan fingerprint density at radius 1 is 0.733 bits per heavy atom. The molecule has 0 saturated carbocycles. The second kappa shape index (κ2) is 9.50. The van der Waals surface area contributed by atoms with Crippen LogP contribution in [0.5, 0.6) is 23.0 Å². The third-order valence-corrected chi connectivity index (χ3v) is 4.99. The van der Waals surface area contributed by atoms with Crippen molar-refractivity contribution in [1.29, 1.82) is 0 Å². The second-order valence-electron chi connectivity index (χ2n) is 7.01. The molecule has 0 amide bonds. The van der Waals surface area contributed by atoms with Crippen molar-refractivity contribution in [3.8, 4) is 23.0 Å². The number of ether oxygens (including phenoxy) is 4. The summed E-state index contributed by atoms with van der Waals surface area (Å²) in [6.45, 7) is 1.09. The predicted molar refractivity (Wildman–Crippen MR) is 118 cm³/mol. The summed E-state index contributed by atoms with van der Waals surface area (Å²) in [5.74, 6) is 2.46. The van der Waals surface area contributed by atoms with Gasteiger partial charge in [0.25, 0.3) is 0 Å². The number of rotatable bonds is 6. The third kappa shape index (κ3) is 4.33. The largest absolute Gasteiger partial charge is 0.493 e. The Labute approximate surface area is 177 Å². The number of benzene rings is 2. The number of hydrogen-bond acceptors (Lipinski definition) is 6. The molecular weight excluding hydrogens is 382 g/mol. The Hall–Kier alpha value is -3.25. The number of methoxy groups -OCH3 is 4. The SMILES string of the molecule is COc1cccc(/C=C2\CN(C)C/C(=C\c3cccc(OC)c3OC)C2=O)c1OC. The van der Waals surface area contributed by atoms with Gasteiger partial charge in [0.2, 0.25) is 0 Å². The van der Waals surface area contributed by atoms with Crippen molar-refractivity contribution in [2.45, 2.75) is 0 Å². The van der Waals surface area contributed by atoms with E-state index in [1.54, 1.807) is 28.4 Å². The summed E-state index contributed by atoms with van der Waals surface area (Å²) in [5.41, 5.74) is 2.97. The van der Waals surface area contributed by atoms with Gasteiger partial charge in [-0.2, -0.15) is 0 Å². The van der Waals surface area contributed by atoms with Crippen LogP contribution in [0.25, 0.3) is 12.2 Å². The molecule has 0 aliphatic carbocycles. The number of nitrogens with zero attached hydrogens (tertiary/aromatic N) is 1. The zero-order chi connectivity index (χ0) is 21.7. The van der Waals surface area contributed by atoms with Crippen LogP contribution in [0.1, 0.15) is 11.1 Å². The van der Waals surface area contributed by atoms with Crippen LogP contribution in [0, 0.1) is 0 Å². The molecule has 2 aromatic rings. The van der Waals surface area contributed by atoms with E-state index >= 15 is 0 Å². The second-order valence-corrected chi connectivity index (χ2v) is 7.01. The highest BCUT2D eigenvalue weighted by molar-refractivity contribution is 6.14. The lowest BCUT2D eigenvalue weighted by molar-refractivity contribution is -0.113. The van der Waals surface area contributed by atoms with E-state index < -0.39 is 0 Å². The average molecular weight is 409 g/mol. The zero-order valence-corrected chi connectivity index (χ0v) is 18.0. The summed E-state index contributed by atoms with van der Waals surface area (Å²) in [5, 5.41) is 0. The van der Waals surface area contributed by atoms with E-state index in [2.05, 4.69) is 4.90 Å². The molecule has 0 atom stereocenters. The summed E-state index contributed by atoms with van der Waals surface area (Å²) in [6.07, 6.45) is 3.74. The third-order valence-electron chi connectivity index (χ3n) is 4.99. The van der Waals surface area contributed by atoms with Crippen LogP contribution in [0.3, 0.4) is 0 Å². The summed E-state index contributed by atoms with van der Waals surface area (Å²) in [7, 11) is 8.36. The fraction of sp³-hybridized carbons (Fsp3) is 0.292. The maximum Gasteiger partial charge on any atom is 0.187 e. The Kier molecular flexibility index (Phi) is 6.79. The topological polar surface area (TPSA) is 57.2 Å². The average Bonchev–Trinajstić information content (AvgIpc) is 2.76. The van der Waals surface area contributed by atoms with Crippen molar-refractivity contribution in [1.82, 2.24) is 4.90 Å². The van der Waals surface area contributed by atoms with Gasteiger partial charge >= 0.3 is 0 Å². The lowest BCUT2D eigenvalue weighted by Crippen LogP contribution is -2.34. The molecule has 0 spiro atoms. The molecule has 1 heterocycles. The van der Waals surface area contributed by atoms with Gasteiger partial charge in [0.05, 0.1) is 28.4 Å². The first-order valence-corrected chi connectivity index (χ1v) is 9.58. The minimum absolute atomic E-state index is 0.00264. The highest BCUT2D eigenvalue weighted by atomic mass is 16.5. The highest BCUT2D eigenvalue weighted by Crippen LogP contribution is 2.35. The predicted octanol–water partition coefficient (Wildman–Crippen LogP) is 3.70. The number of carbonyl (C=O) groups is 1. The smallest absolute Gasteiger partial charge is 0.187 e. The van der Waals surface area contributed by atoms with Gasteiger partial charge in [-0.1, -0.05) is 24.3 Å². The molecule has 2 aromatic carbocycles. The highest BCUT2D eigenvalue weighted by Gasteiger charge is 2.25. The summed E-state index contributed by atoms with van der Waals surface area (Å²) in [4.78, 5) is 15.4. The molecule has 1 aliphatic heterocycles. The molecule has 30 heavy (non-hydrogen) atoms. The number of piperidine rings is 1. The number of likely N-dealkylation sites (N-methyl/N-ethyl adjacent to an activating group) is 1. The molecule has 0 bridgehead atoms. The van der Waals surface area contributed by atoms with Crippen LogP contribution in [-0.2, 0) is 4.79 Å². The van der Waals surface area contributed by atoms with Crippen molar-refractivity contribution in [2.75, 3.05) is 48.6 Å². The molecule has 1 aliphatic rings. The van der Waals surface area contributed by atoms with Gasteiger partial charge in [-0.15, -0.1) is 0 Å². The Bertz CT molecular complexity index is 916. The molecule has 1 saturated heterocycles. The van der Waals surface area contributed by atoms with Gasteiger partial charge in [-0.25, -0.2) is 0 Å². The van der Waals surface area contributed by atoms with Crippen LogP contribution in [0.15, 0.2) is 47.5 Å². The van der Waals surface area contributed by atoms with Gasteiger partial charge in [-0.3, -0.25) is 9.69 Å². The number of Topliss-reactive ketones (excluding diaryl/α,β-unsaturated/α-hetero) is 1. The van der Waals surface area contributed by atoms with Crippen LogP contribution in [0.2, 0.25) is 0 Å². The lowest BCUT2D eigenvalue weighted by atomic mass is 9.94. The van der Waals surface area contributed by atoms with Gasteiger partial charge < -0.3 is 18.9 Å². The van der Waals surface area contributed by atoms with E-state index in [9.17, 15) is 4.79 Å². The fourth-order valence-electron chi connectivity index (χ4n) is 3.64. The molecule has 0 N–H and O–H groups in total. The first kappa shape index (κ1) is 21.5. The van der Waals surface area contributed by atoms with Crippen molar-refractivity contribution in [3.05, 3.63) is 58.7 Å². The van der Waals surface area contributed by atoms with Crippen LogP contribution in [0.4, 0.5) is 0 Å². The maximum atomic E-state index is 13.3. The van der Waals surface area contributed by atoms with Crippen molar-refractivity contribution in [3.63, 3.8) is 0 Å². The maximum absolute atomic E-state index is 13.3. The van der Waals surface area contributed by atoms with Crippen LogP contribution >= 0.6 is 0 Å². The molecule has 6 heteroatoms. The normalized spacial score (nSPS) is 17.3.